The van der Waals surface area contributed by atoms with Crippen LogP contribution in [0, 0.1) is 5.92 Å². The van der Waals surface area contributed by atoms with Crippen molar-refractivity contribution in [3.8, 4) is 11.5 Å². The Morgan fingerprint density at radius 1 is 1.41 bits per heavy atom. The zero-order valence-corrected chi connectivity index (χ0v) is 18.4. The molecule has 2 N–H and O–H groups in total. The molecule has 1 aromatic heterocycles. The molecule has 1 amide bonds. The molecule has 0 fully saturated rings. The summed E-state index contributed by atoms with van der Waals surface area (Å²) in [6, 6.07) is 4.20. The number of carbonyl (C=O) groups excluding carboxylic acids is 1. The summed E-state index contributed by atoms with van der Waals surface area (Å²) >= 11 is 1.62. The summed E-state index contributed by atoms with van der Waals surface area (Å²) in [6.45, 7) is 9.79. The van der Waals surface area contributed by atoms with Crippen LogP contribution in [0.2, 0.25) is 0 Å². The maximum absolute atomic E-state index is 11.2. The number of fused-ring (bicyclic) bond motifs is 1. The van der Waals surface area contributed by atoms with Gasteiger partial charge in [0, 0.05) is 42.7 Å². The van der Waals surface area contributed by atoms with Gasteiger partial charge in [-0.3, -0.25) is 4.79 Å². The fraction of sp³-hybridized carbons (Fsp3) is 0.571. The van der Waals surface area contributed by atoms with Gasteiger partial charge in [-0.25, -0.2) is 0 Å². The van der Waals surface area contributed by atoms with Crippen molar-refractivity contribution < 1.29 is 14.3 Å². The molecule has 3 rings (SSSR count). The van der Waals surface area contributed by atoms with Gasteiger partial charge in [0.25, 0.3) is 0 Å². The number of aromatic nitrogens is 3. The van der Waals surface area contributed by atoms with Gasteiger partial charge in [-0.15, -0.1) is 10.2 Å². The first-order chi connectivity index (χ1) is 13.9. The van der Waals surface area contributed by atoms with E-state index in [0.29, 0.717) is 24.7 Å². The number of aryl methyl sites for hydroxylation is 1. The molecule has 1 aliphatic rings. The molecule has 29 heavy (non-hydrogen) atoms. The summed E-state index contributed by atoms with van der Waals surface area (Å²) in [4.78, 5) is 11.2. The predicted octanol–water partition coefficient (Wildman–Crippen LogP) is 3.37. The zero-order chi connectivity index (χ0) is 21.0. The lowest BCUT2D eigenvalue weighted by molar-refractivity contribution is -0.118. The van der Waals surface area contributed by atoms with Gasteiger partial charge in [-0.2, -0.15) is 0 Å². The topological polar surface area (TPSA) is 92.3 Å². The summed E-state index contributed by atoms with van der Waals surface area (Å²) in [7, 11) is 0. The number of nitrogens with two attached hydrogens (primary N) is 1. The summed E-state index contributed by atoms with van der Waals surface area (Å²) < 4.78 is 13.9. The first-order valence-electron chi connectivity index (χ1n) is 10.2. The summed E-state index contributed by atoms with van der Waals surface area (Å²) in [5.74, 6) is 3.46. The van der Waals surface area contributed by atoms with Crippen LogP contribution < -0.4 is 15.2 Å². The third kappa shape index (κ3) is 5.44. The second-order valence-corrected chi connectivity index (χ2v) is 8.73. The second-order valence-electron chi connectivity index (χ2n) is 7.79. The second kappa shape index (κ2) is 9.52. The number of ether oxygens (including phenoxy) is 2. The fourth-order valence-corrected chi connectivity index (χ4v) is 4.37. The molecule has 0 bridgehead atoms. The molecule has 2 aromatic rings. The average molecular weight is 419 g/mol. The van der Waals surface area contributed by atoms with Gasteiger partial charge >= 0.3 is 0 Å². The minimum Gasteiger partial charge on any atom is -0.494 e. The van der Waals surface area contributed by atoms with Crippen molar-refractivity contribution >= 4 is 17.7 Å². The molecule has 1 aliphatic heterocycles. The molecular formula is C21H30N4O3S. The van der Waals surface area contributed by atoms with Crippen LogP contribution in [-0.2, 0) is 29.9 Å². The average Bonchev–Trinajstić information content (AvgIpc) is 3.19. The molecule has 0 saturated heterocycles. The Hall–Kier alpha value is -2.22. The Balaban J connectivity index is 1.80. The SMILES string of the molecule is CCOc1cc2c(cc1CSc1nnc(CCC(N)=O)n1CC(C)C)OC(C)C2. The lowest BCUT2D eigenvalue weighted by atomic mass is 10.1. The fourth-order valence-electron chi connectivity index (χ4n) is 3.42. The number of nitrogens with zero attached hydrogens (tertiary/aromatic N) is 3. The normalized spacial score (nSPS) is 15.4. The van der Waals surface area contributed by atoms with Crippen LogP contribution in [0.1, 0.15) is 51.1 Å². The zero-order valence-electron chi connectivity index (χ0n) is 17.6. The molecule has 7 nitrogen and oxygen atoms in total. The van der Waals surface area contributed by atoms with Gasteiger partial charge < -0.3 is 19.8 Å². The quantitative estimate of drug-likeness (QED) is 0.595. The Kier molecular flexibility index (Phi) is 7.05. The van der Waals surface area contributed by atoms with Crippen LogP contribution in [0.25, 0.3) is 0 Å². The highest BCUT2D eigenvalue weighted by Crippen LogP contribution is 2.37. The molecule has 2 heterocycles. The van der Waals surface area contributed by atoms with Crippen molar-refractivity contribution in [2.75, 3.05) is 6.61 Å². The molecule has 1 atom stereocenters. The standard InChI is InChI=1S/C21H30N4O3S/c1-5-27-17-9-15-8-14(4)28-18(15)10-16(17)12-29-21-24-23-20(7-6-19(22)26)25(21)11-13(2)3/h9-10,13-14H,5-8,11-12H2,1-4H3,(H2,22,26). The van der Waals surface area contributed by atoms with Crippen molar-refractivity contribution in [3.05, 3.63) is 29.1 Å². The first-order valence-corrected chi connectivity index (χ1v) is 11.1. The van der Waals surface area contributed by atoms with Crippen LogP contribution in [0.3, 0.4) is 0 Å². The first kappa shape index (κ1) is 21.5. The third-order valence-corrected chi connectivity index (χ3v) is 5.69. The maximum atomic E-state index is 11.2. The van der Waals surface area contributed by atoms with E-state index in [1.807, 2.05) is 6.92 Å². The third-order valence-electron chi connectivity index (χ3n) is 4.67. The van der Waals surface area contributed by atoms with Crippen molar-refractivity contribution in [1.29, 1.82) is 0 Å². The molecule has 0 radical (unpaired) electrons. The van der Waals surface area contributed by atoms with Gasteiger partial charge in [-0.05, 0) is 31.9 Å². The Labute approximate surface area is 176 Å². The van der Waals surface area contributed by atoms with Crippen molar-refractivity contribution in [1.82, 2.24) is 14.8 Å². The monoisotopic (exact) mass is 418 g/mol. The van der Waals surface area contributed by atoms with E-state index in [0.717, 1.165) is 41.0 Å². The van der Waals surface area contributed by atoms with Crippen LogP contribution in [-0.4, -0.2) is 33.4 Å². The lowest BCUT2D eigenvalue weighted by Crippen LogP contribution is -2.15. The number of hydrogen-bond acceptors (Lipinski definition) is 6. The number of amides is 1. The van der Waals surface area contributed by atoms with Crippen LogP contribution in [0.4, 0.5) is 0 Å². The molecule has 1 aromatic carbocycles. The van der Waals surface area contributed by atoms with E-state index in [1.54, 1.807) is 11.8 Å². The van der Waals surface area contributed by atoms with E-state index in [9.17, 15) is 4.79 Å². The van der Waals surface area contributed by atoms with Gasteiger partial charge in [0.05, 0.1) is 6.61 Å². The minimum absolute atomic E-state index is 0.198. The number of rotatable bonds is 10. The molecule has 0 saturated carbocycles. The highest BCUT2D eigenvalue weighted by molar-refractivity contribution is 7.98. The van der Waals surface area contributed by atoms with Gasteiger partial charge in [0.1, 0.15) is 23.4 Å². The van der Waals surface area contributed by atoms with E-state index < -0.39 is 0 Å². The smallest absolute Gasteiger partial charge is 0.217 e. The molecular weight excluding hydrogens is 388 g/mol. The van der Waals surface area contributed by atoms with Gasteiger partial charge in [0.15, 0.2) is 5.16 Å². The highest BCUT2D eigenvalue weighted by atomic mass is 32.2. The largest absolute Gasteiger partial charge is 0.494 e. The lowest BCUT2D eigenvalue weighted by Gasteiger charge is -2.14. The van der Waals surface area contributed by atoms with Crippen LogP contribution in [0.5, 0.6) is 11.5 Å². The number of benzene rings is 1. The molecule has 1 unspecified atom stereocenters. The maximum Gasteiger partial charge on any atom is 0.217 e. The number of carbonyl (C=O) groups is 1. The van der Waals surface area contributed by atoms with E-state index in [2.05, 4.69) is 47.7 Å². The summed E-state index contributed by atoms with van der Waals surface area (Å²) in [5.41, 5.74) is 7.59. The number of primary amides is 1. The van der Waals surface area contributed by atoms with Crippen molar-refractivity contribution in [3.63, 3.8) is 0 Å². The van der Waals surface area contributed by atoms with Crippen LogP contribution in [0.15, 0.2) is 17.3 Å². The molecule has 0 aliphatic carbocycles. The summed E-state index contributed by atoms with van der Waals surface area (Å²) in [6.07, 6.45) is 1.89. The Bertz CT molecular complexity index is 866. The van der Waals surface area contributed by atoms with E-state index in [-0.39, 0.29) is 18.4 Å². The number of hydrogen-bond donors (Lipinski definition) is 1. The van der Waals surface area contributed by atoms with Gasteiger partial charge in [-0.1, -0.05) is 25.6 Å². The van der Waals surface area contributed by atoms with Crippen molar-refractivity contribution in [2.24, 2.45) is 11.7 Å². The molecule has 158 valence electrons. The Morgan fingerprint density at radius 2 is 2.21 bits per heavy atom. The van der Waals surface area contributed by atoms with E-state index in [1.165, 1.54) is 5.56 Å². The van der Waals surface area contributed by atoms with Gasteiger partial charge in [0.2, 0.25) is 5.91 Å². The minimum atomic E-state index is -0.327. The van der Waals surface area contributed by atoms with E-state index in [4.69, 9.17) is 15.2 Å². The molecule has 0 spiro atoms. The highest BCUT2D eigenvalue weighted by Gasteiger charge is 2.22. The molecule has 8 heteroatoms. The van der Waals surface area contributed by atoms with Crippen molar-refractivity contribution in [2.45, 2.75) is 70.5 Å². The predicted molar refractivity (Wildman–Crippen MR) is 113 cm³/mol. The Morgan fingerprint density at radius 3 is 2.90 bits per heavy atom. The number of thioether (sulfide) groups is 1. The summed E-state index contributed by atoms with van der Waals surface area (Å²) in [5, 5.41) is 9.53. The van der Waals surface area contributed by atoms with E-state index >= 15 is 0 Å². The van der Waals surface area contributed by atoms with Crippen LogP contribution >= 0.6 is 11.8 Å².